The van der Waals surface area contributed by atoms with Gasteiger partial charge in [-0.15, -0.1) is 0 Å². The quantitative estimate of drug-likeness (QED) is 0.583. The number of carbonyl (C=O) groups excluding carboxylic acids is 1. The Morgan fingerprint density at radius 3 is 2.76 bits per heavy atom. The number of benzene rings is 2. The Morgan fingerprint density at radius 2 is 1.95 bits per heavy atom. The monoisotopic (exact) mass is 284 g/mol. The Hall–Kier alpha value is -3.29. The van der Waals surface area contributed by atoms with E-state index in [9.17, 15) is 14.9 Å². The van der Waals surface area contributed by atoms with Crippen molar-refractivity contribution < 1.29 is 14.3 Å². The summed E-state index contributed by atoms with van der Waals surface area (Å²) in [5.74, 6) is -0.450. The molecule has 0 saturated carbocycles. The molecule has 2 aromatic carbocycles. The van der Waals surface area contributed by atoms with Gasteiger partial charge in [-0.3, -0.25) is 14.9 Å². The third-order valence-electron chi connectivity index (χ3n) is 2.83. The second-order valence-electron chi connectivity index (χ2n) is 4.23. The van der Waals surface area contributed by atoms with Gasteiger partial charge < -0.3 is 5.32 Å². The minimum absolute atomic E-state index is 0.140. The van der Waals surface area contributed by atoms with E-state index in [0.29, 0.717) is 16.7 Å². The molecule has 0 spiro atoms. The van der Waals surface area contributed by atoms with Gasteiger partial charge in [0.2, 0.25) is 0 Å². The Balaban J connectivity index is 1.85. The van der Waals surface area contributed by atoms with E-state index in [4.69, 9.17) is 0 Å². The van der Waals surface area contributed by atoms with Gasteiger partial charge in [0.15, 0.2) is 0 Å². The molecule has 0 radical (unpaired) electrons. The summed E-state index contributed by atoms with van der Waals surface area (Å²) in [5.41, 5.74) is 1.63. The highest BCUT2D eigenvalue weighted by Crippen LogP contribution is 2.18. The first kappa shape index (κ1) is 12.7. The van der Waals surface area contributed by atoms with E-state index in [1.165, 1.54) is 24.3 Å². The van der Waals surface area contributed by atoms with E-state index in [-0.39, 0.29) is 11.3 Å². The van der Waals surface area contributed by atoms with Gasteiger partial charge in [-0.1, -0.05) is 6.07 Å². The number of anilines is 1. The number of carbonyl (C=O) groups is 1. The highest BCUT2D eigenvalue weighted by atomic mass is 16.6. The first-order chi connectivity index (χ1) is 10.1. The lowest BCUT2D eigenvalue weighted by Crippen LogP contribution is -2.12. The van der Waals surface area contributed by atoms with Crippen molar-refractivity contribution in [2.24, 2.45) is 0 Å². The highest BCUT2D eigenvalue weighted by molar-refractivity contribution is 6.05. The number of hydrogen-bond donors (Lipinski definition) is 1. The zero-order valence-corrected chi connectivity index (χ0v) is 10.5. The van der Waals surface area contributed by atoms with Crippen LogP contribution in [0.4, 0.5) is 11.4 Å². The van der Waals surface area contributed by atoms with E-state index in [2.05, 4.69) is 20.3 Å². The lowest BCUT2D eigenvalue weighted by Gasteiger charge is -2.04. The smallest absolute Gasteiger partial charge is 0.270 e. The van der Waals surface area contributed by atoms with Crippen molar-refractivity contribution in [3.05, 3.63) is 58.1 Å². The van der Waals surface area contributed by atoms with Crippen LogP contribution in [0.15, 0.2) is 47.1 Å². The maximum atomic E-state index is 12.1. The van der Waals surface area contributed by atoms with E-state index >= 15 is 0 Å². The molecular weight excluding hydrogens is 276 g/mol. The number of fused-ring (bicyclic) bond motifs is 1. The Kier molecular flexibility index (Phi) is 3.03. The Labute approximate surface area is 117 Å². The van der Waals surface area contributed by atoms with Gasteiger partial charge in [0.05, 0.1) is 4.92 Å². The SMILES string of the molecule is O=C(Nc1ccc2nonc2c1)c1cccc([N+](=O)[O-])c1. The van der Waals surface area contributed by atoms with Gasteiger partial charge in [0, 0.05) is 23.4 Å². The zero-order chi connectivity index (χ0) is 14.8. The van der Waals surface area contributed by atoms with Crippen molar-refractivity contribution in [1.29, 1.82) is 0 Å². The minimum atomic E-state index is -0.552. The van der Waals surface area contributed by atoms with E-state index in [1.807, 2.05) is 0 Å². The van der Waals surface area contributed by atoms with Crippen LogP contribution in [0.1, 0.15) is 10.4 Å². The van der Waals surface area contributed by atoms with Crippen LogP contribution < -0.4 is 5.32 Å². The van der Waals surface area contributed by atoms with Crippen LogP contribution in [-0.4, -0.2) is 21.1 Å². The molecule has 0 aliphatic heterocycles. The number of non-ortho nitro benzene ring substituents is 1. The third-order valence-corrected chi connectivity index (χ3v) is 2.83. The van der Waals surface area contributed by atoms with Crippen LogP contribution in [0.3, 0.4) is 0 Å². The first-order valence-electron chi connectivity index (χ1n) is 5.91. The number of nitrogens with zero attached hydrogens (tertiary/aromatic N) is 3. The van der Waals surface area contributed by atoms with Gasteiger partial charge in [0.1, 0.15) is 11.0 Å². The number of rotatable bonds is 3. The fourth-order valence-corrected chi connectivity index (χ4v) is 1.82. The van der Waals surface area contributed by atoms with Crippen LogP contribution in [0.5, 0.6) is 0 Å². The molecule has 104 valence electrons. The van der Waals surface area contributed by atoms with Gasteiger partial charge in [-0.25, -0.2) is 4.63 Å². The summed E-state index contributed by atoms with van der Waals surface area (Å²) >= 11 is 0. The molecule has 3 rings (SSSR count). The maximum Gasteiger partial charge on any atom is 0.270 e. The standard InChI is InChI=1S/C13H8N4O4/c18-13(8-2-1-3-10(6-8)17(19)20)14-9-4-5-11-12(7-9)16-21-15-11/h1-7H,(H,14,18). The molecular formula is C13H8N4O4. The van der Waals surface area contributed by atoms with Crippen molar-refractivity contribution >= 4 is 28.3 Å². The molecule has 8 nitrogen and oxygen atoms in total. The molecule has 21 heavy (non-hydrogen) atoms. The summed E-state index contributed by atoms with van der Waals surface area (Å²) in [5, 5.41) is 20.7. The Morgan fingerprint density at radius 1 is 1.14 bits per heavy atom. The number of aromatic nitrogens is 2. The van der Waals surface area contributed by atoms with E-state index in [0.717, 1.165) is 0 Å². The van der Waals surface area contributed by atoms with Crippen LogP contribution >= 0.6 is 0 Å². The fraction of sp³-hybridized carbons (Fsp3) is 0. The predicted molar refractivity (Wildman–Crippen MR) is 72.9 cm³/mol. The van der Waals surface area contributed by atoms with Gasteiger partial charge in [-0.2, -0.15) is 0 Å². The van der Waals surface area contributed by atoms with Crippen molar-refractivity contribution in [2.75, 3.05) is 5.32 Å². The lowest BCUT2D eigenvalue weighted by atomic mass is 10.2. The second-order valence-corrected chi connectivity index (χ2v) is 4.23. The molecule has 8 heteroatoms. The predicted octanol–water partition coefficient (Wildman–Crippen LogP) is 2.38. The molecule has 0 unspecified atom stereocenters. The number of nitrogens with one attached hydrogen (secondary N) is 1. The fourth-order valence-electron chi connectivity index (χ4n) is 1.82. The maximum absolute atomic E-state index is 12.1. The van der Waals surface area contributed by atoms with Crippen LogP contribution in [0.2, 0.25) is 0 Å². The average molecular weight is 284 g/mol. The minimum Gasteiger partial charge on any atom is -0.322 e. The summed E-state index contributed by atoms with van der Waals surface area (Å²) in [4.78, 5) is 22.2. The molecule has 0 saturated heterocycles. The summed E-state index contributed by atoms with van der Waals surface area (Å²) in [6.45, 7) is 0. The van der Waals surface area contributed by atoms with E-state index in [1.54, 1.807) is 18.2 Å². The molecule has 0 atom stereocenters. The van der Waals surface area contributed by atoms with Crippen molar-refractivity contribution in [2.45, 2.75) is 0 Å². The van der Waals surface area contributed by atoms with Crippen LogP contribution in [0.25, 0.3) is 11.0 Å². The largest absolute Gasteiger partial charge is 0.322 e. The van der Waals surface area contributed by atoms with Gasteiger partial charge >= 0.3 is 0 Å². The topological polar surface area (TPSA) is 111 Å². The summed E-state index contributed by atoms with van der Waals surface area (Å²) < 4.78 is 4.56. The molecule has 3 aromatic rings. The number of hydrogen-bond acceptors (Lipinski definition) is 6. The normalized spacial score (nSPS) is 10.5. The number of amides is 1. The summed E-state index contributed by atoms with van der Waals surface area (Å²) in [7, 11) is 0. The number of nitro benzene ring substituents is 1. The molecule has 1 heterocycles. The third kappa shape index (κ3) is 2.54. The zero-order valence-electron chi connectivity index (χ0n) is 10.5. The van der Waals surface area contributed by atoms with Crippen molar-refractivity contribution in [3.8, 4) is 0 Å². The van der Waals surface area contributed by atoms with Crippen molar-refractivity contribution in [1.82, 2.24) is 10.3 Å². The average Bonchev–Trinajstić information content (AvgIpc) is 2.95. The first-order valence-corrected chi connectivity index (χ1v) is 5.91. The van der Waals surface area contributed by atoms with Gasteiger partial charge in [0.25, 0.3) is 11.6 Å². The van der Waals surface area contributed by atoms with Crippen LogP contribution in [0, 0.1) is 10.1 Å². The van der Waals surface area contributed by atoms with Crippen molar-refractivity contribution in [3.63, 3.8) is 0 Å². The lowest BCUT2D eigenvalue weighted by molar-refractivity contribution is -0.384. The highest BCUT2D eigenvalue weighted by Gasteiger charge is 2.12. The number of nitro groups is 1. The Bertz CT molecular complexity index is 843. The molecule has 1 amide bonds. The van der Waals surface area contributed by atoms with Gasteiger partial charge in [-0.05, 0) is 34.6 Å². The second kappa shape index (κ2) is 5.00. The summed E-state index contributed by atoms with van der Waals surface area (Å²) in [6, 6.07) is 10.4. The molecule has 0 fully saturated rings. The molecule has 0 aliphatic carbocycles. The summed E-state index contributed by atoms with van der Waals surface area (Å²) in [6.07, 6.45) is 0. The molecule has 0 aliphatic rings. The van der Waals surface area contributed by atoms with Crippen LogP contribution in [-0.2, 0) is 0 Å². The molecule has 1 N–H and O–H groups in total. The molecule has 0 bridgehead atoms. The molecule has 1 aromatic heterocycles. The van der Waals surface area contributed by atoms with E-state index < -0.39 is 10.8 Å².